The summed E-state index contributed by atoms with van der Waals surface area (Å²) in [6.45, 7) is 7.58. The Hall–Kier alpha value is -2.42. The molecular formula is C22H28N2O5S. The van der Waals surface area contributed by atoms with Crippen molar-refractivity contribution < 1.29 is 22.7 Å². The van der Waals surface area contributed by atoms with Gasteiger partial charge in [-0.05, 0) is 41.3 Å². The first-order chi connectivity index (χ1) is 14.1. The molecule has 1 fully saturated rings. The van der Waals surface area contributed by atoms with E-state index in [0.717, 1.165) is 5.56 Å². The Labute approximate surface area is 178 Å². The number of methoxy groups -OCH3 is 1. The highest BCUT2D eigenvalue weighted by molar-refractivity contribution is 7.89. The molecule has 1 saturated heterocycles. The second kappa shape index (κ2) is 8.75. The minimum absolute atomic E-state index is 0.0902. The number of hydrogen-bond acceptors (Lipinski definition) is 5. The molecule has 30 heavy (non-hydrogen) atoms. The summed E-state index contributed by atoms with van der Waals surface area (Å²) in [7, 11) is -2.14. The molecule has 2 aromatic rings. The van der Waals surface area contributed by atoms with E-state index < -0.39 is 15.9 Å². The third kappa shape index (κ3) is 4.83. The first-order valence-electron chi connectivity index (χ1n) is 9.81. The smallest absolute Gasteiger partial charge is 0.255 e. The standard InChI is InChI=1S/C22H28N2O5S/c1-22(2,3)17-8-9-20(28-4)19(15-17)23-21(25)16-6-5-7-18(14-16)30(26,27)24-10-12-29-13-11-24/h5-9,14-15H,10-13H2,1-4H3,(H,23,25). The topological polar surface area (TPSA) is 84.9 Å². The number of nitrogens with one attached hydrogen (secondary N) is 1. The van der Waals surface area contributed by atoms with Crippen LogP contribution in [0.2, 0.25) is 0 Å². The monoisotopic (exact) mass is 432 g/mol. The molecule has 1 amide bonds. The zero-order valence-corrected chi connectivity index (χ0v) is 18.6. The Morgan fingerprint density at radius 1 is 1.10 bits per heavy atom. The van der Waals surface area contributed by atoms with Crippen molar-refractivity contribution in [2.24, 2.45) is 0 Å². The number of amides is 1. The van der Waals surface area contributed by atoms with Crippen molar-refractivity contribution in [3.8, 4) is 5.75 Å². The van der Waals surface area contributed by atoms with Crippen molar-refractivity contribution in [1.82, 2.24) is 4.31 Å². The van der Waals surface area contributed by atoms with Gasteiger partial charge in [-0.25, -0.2) is 8.42 Å². The third-order valence-electron chi connectivity index (χ3n) is 5.02. The maximum absolute atomic E-state index is 12.9. The lowest BCUT2D eigenvalue weighted by atomic mass is 9.87. The molecule has 0 aliphatic carbocycles. The second-order valence-corrected chi connectivity index (χ2v) is 10.1. The number of morpholine rings is 1. The predicted molar refractivity (Wildman–Crippen MR) is 116 cm³/mol. The zero-order valence-electron chi connectivity index (χ0n) is 17.8. The quantitative estimate of drug-likeness (QED) is 0.784. The highest BCUT2D eigenvalue weighted by Gasteiger charge is 2.27. The average molecular weight is 433 g/mol. The number of ether oxygens (including phenoxy) is 2. The van der Waals surface area contributed by atoms with Gasteiger partial charge in [-0.3, -0.25) is 4.79 Å². The van der Waals surface area contributed by atoms with Crippen molar-refractivity contribution in [2.45, 2.75) is 31.1 Å². The van der Waals surface area contributed by atoms with E-state index in [1.54, 1.807) is 12.1 Å². The van der Waals surface area contributed by atoms with E-state index in [1.807, 2.05) is 18.2 Å². The molecule has 0 radical (unpaired) electrons. The van der Waals surface area contributed by atoms with Crippen LogP contribution in [-0.2, 0) is 20.2 Å². The maximum Gasteiger partial charge on any atom is 0.255 e. The van der Waals surface area contributed by atoms with Crippen LogP contribution < -0.4 is 10.1 Å². The van der Waals surface area contributed by atoms with E-state index in [1.165, 1.54) is 23.5 Å². The second-order valence-electron chi connectivity index (χ2n) is 8.16. The highest BCUT2D eigenvalue weighted by atomic mass is 32.2. The summed E-state index contributed by atoms with van der Waals surface area (Å²) < 4.78 is 37.8. The Morgan fingerprint density at radius 3 is 2.43 bits per heavy atom. The van der Waals surface area contributed by atoms with Crippen LogP contribution in [-0.4, -0.2) is 52.0 Å². The first-order valence-corrected chi connectivity index (χ1v) is 11.2. The van der Waals surface area contributed by atoms with Gasteiger partial charge in [0.15, 0.2) is 0 Å². The van der Waals surface area contributed by atoms with Gasteiger partial charge in [0, 0.05) is 18.7 Å². The van der Waals surface area contributed by atoms with Gasteiger partial charge in [0.2, 0.25) is 10.0 Å². The van der Waals surface area contributed by atoms with Gasteiger partial charge in [0.25, 0.3) is 5.91 Å². The molecule has 2 aromatic carbocycles. The minimum Gasteiger partial charge on any atom is -0.495 e. The van der Waals surface area contributed by atoms with Gasteiger partial charge >= 0.3 is 0 Å². The predicted octanol–water partition coefficient (Wildman–Crippen LogP) is 3.27. The Bertz CT molecular complexity index is 1020. The summed E-state index contributed by atoms with van der Waals surface area (Å²) in [6, 6.07) is 11.7. The fourth-order valence-electron chi connectivity index (χ4n) is 3.20. The molecule has 0 aromatic heterocycles. The summed E-state index contributed by atoms with van der Waals surface area (Å²) in [5.41, 5.74) is 1.74. The number of carbonyl (C=O) groups is 1. The number of benzene rings is 2. The third-order valence-corrected chi connectivity index (χ3v) is 6.91. The zero-order chi connectivity index (χ0) is 21.9. The lowest BCUT2D eigenvalue weighted by Gasteiger charge is -2.26. The molecule has 0 saturated carbocycles. The van der Waals surface area contributed by atoms with Gasteiger partial charge in [0.1, 0.15) is 5.75 Å². The van der Waals surface area contributed by atoms with Crippen LogP contribution >= 0.6 is 0 Å². The maximum atomic E-state index is 12.9. The lowest BCUT2D eigenvalue weighted by Crippen LogP contribution is -2.40. The van der Waals surface area contributed by atoms with Crippen LogP contribution in [0, 0.1) is 0 Å². The molecule has 0 spiro atoms. The molecule has 3 rings (SSSR count). The van der Waals surface area contributed by atoms with Crippen LogP contribution in [0.15, 0.2) is 47.4 Å². The van der Waals surface area contributed by atoms with E-state index in [9.17, 15) is 13.2 Å². The summed E-state index contributed by atoms with van der Waals surface area (Å²) in [6.07, 6.45) is 0. The SMILES string of the molecule is COc1ccc(C(C)(C)C)cc1NC(=O)c1cccc(S(=O)(=O)N2CCOCC2)c1. The largest absolute Gasteiger partial charge is 0.495 e. The molecule has 1 heterocycles. The molecule has 7 nitrogen and oxygen atoms in total. The molecule has 1 N–H and O–H groups in total. The van der Waals surface area contributed by atoms with Crippen LogP contribution in [0.1, 0.15) is 36.7 Å². The number of anilines is 1. The molecule has 0 unspecified atom stereocenters. The molecule has 162 valence electrons. The first kappa shape index (κ1) is 22.3. The van der Waals surface area contributed by atoms with Crippen LogP contribution in [0.5, 0.6) is 5.75 Å². The number of hydrogen-bond donors (Lipinski definition) is 1. The van der Waals surface area contributed by atoms with Crippen LogP contribution in [0.25, 0.3) is 0 Å². The van der Waals surface area contributed by atoms with Crippen LogP contribution in [0.4, 0.5) is 5.69 Å². The Morgan fingerprint density at radius 2 is 1.80 bits per heavy atom. The molecule has 0 atom stereocenters. The van der Waals surface area contributed by atoms with Gasteiger partial charge in [-0.1, -0.05) is 32.9 Å². The summed E-state index contributed by atoms with van der Waals surface area (Å²) in [5.74, 6) is 0.131. The number of nitrogens with zero attached hydrogens (tertiary/aromatic N) is 1. The van der Waals surface area contributed by atoms with Gasteiger partial charge < -0.3 is 14.8 Å². The van der Waals surface area contributed by atoms with Crippen molar-refractivity contribution in [3.63, 3.8) is 0 Å². The lowest BCUT2D eigenvalue weighted by molar-refractivity contribution is 0.0730. The molecular weight excluding hydrogens is 404 g/mol. The molecule has 8 heteroatoms. The van der Waals surface area contributed by atoms with Gasteiger partial charge in [-0.15, -0.1) is 0 Å². The summed E-state index contributed by atoms with van der Waals surface area (Å²) in [4.78, 5) is 13.0. The van der Waals surface area contributed by atoms with E-state index in [4.69, 9.17) is 9.47 Å². The van der Waals surface area contributed by atoms with Gasteiger partial charge in [0.05, 0.1) is 30.9 Å². The fourth-order valence-corrected chi connectivity index (χ4v) is 4.65. The normalized spacial score (nSPS) is 15.6. The van der Waals surface area contributed by atoms with E-state index in [-0.39, 0.29) is 15.9 Å². The number of rotatable bonds is 5. The number of carbonyl (C=O) groups excluding carboxylic acids is 1. The van der Waals surface area contributed by atoms with Crippen molar-refractivity contribution in [1.29, 1.82) is 0 Å². The van der Waals surface area contributed by atoms with E-state index in [0.29, 0.717) is 37.7 Å². The van der Waals surface area contributed by atoms with Crippen molar-refractivity contribution in [2.75, 3.05) is 38.7 Å². The Kier molecular flexibility index (Phi) is 6.50. The number of sulfonamides is 1. The summed E-state index contributed by atoms with van der Waals surface area (Å²) >= 11 is 0. The molecule has 1 aliphatic rings. The fraction of sp³-hybridized carbons (Fsp3) is 0.409. The van der Waals surface area contributed by atoms with Crippen molar-refractivity contribution >= 4 is 21.6 Å². The highest BCUT2D eigenvalue weighted by Crippen LogP contribution is 2.32. The van der Waals surface area contributed by atoms with Crippen molar-refractivity contribution in [3.05, 3.63) is 53.6 Å². The Balaban J connectivity index is 1.87. The van der Waals surface area contributed by atoms with Gasteiger partial charge in [-0.2, -0.15) is 4.31 Å². The average Bonchev–Trinajstić information content (AvgIpc) is 2.73. The molecule has 1 aliphatic heterocycles. The van der Waals surface area contributed by atoms with E-state index >= 15 is 0 Å². The van der Waals surface area contributed by atoms with E-state index in [2.05, 4.69) is 26.1 Å². The van der Waals surface area contributed by atoms with Crippen LogP contribution in [0.3, 0.4) is 0 Å². The molecule has 0 bridgehead atoms. The summed E-state index contributed by atoms with van der Waals surface area (Å²) in [5, 5.41) is 2.86. The minimum atomic E-state index is -3.68.